The number of sulfonamides is 1. The van der Waals surface area contributed by atoms with Gasteiger partial charge < -0.3 is 9.80 Å². The maximum atomic E-state index is 13.0. The van der Waals surface area contributed by atoms with E-state index in [1.807, 2.05) is 18.7 Å². The number of aryl methyl sites for hydroxylation is 3. The van der Waals surface area contributed by atoms with Crippen molar-refractivity contribution in [1.82, 2.24) is 4.90 Å². The second-order valence-corrected chi connectivity index (χ2v) is 10.2. The summed E-state index contributed by atoms with van der Waals surface area (Å²) in [5, 5.41) is 0. The van der Waals surface area contributed by atoms with Crippen LogP contribution in [0.15, 0.2) is 71.6 Å². The summed E-state index contributed by atoms with van der Waals surface area (Å²) in [5.74, 6) is -0.0394. The SMILES string of the molecule is Cc1cccc(N2CCN(C(=O)c3ccc(NS(=O)(=O)c4ccc(C)c(C)c4)cc3)CC2)c1. The lowest BCUT2D eigenvalue weighted by molar-refractivity contribution is 0.0747. The summed E-state index contributed by atoms with van der Waals surface area (Å²) in [6, 6.07) is 20.1. The van der Waals surface area contributed by atoms with Gasteiger partial charge in [0.25, 0.3) is 15.9 Å². The van der Waals surface area contributed by atoms with Crippen LogP contribution >= 0.6 is 0 Å². The van der Waals surface area contributed by atoms with Crippen LogP contribution in [0.3, 0.4) is 0 Å². The average molecular weight is 464 g/mol. The van der Waals surface area contributed by atoms with Gasteiger partial charge in [0.15, 0.2) is 0 Å². The summed E-state index contributed by atoms with van der Waals surface area (Å²) in [6.45, 7) is 8.76. The molecule has 1 amide bonds. The third kappa shape index (κ3) is 5.20. The van der Waals surface area contributed by atoms with Gasteiger partial charge in [-0.2, -0.15) is 0 Å². The first kappa shape index (κ1) is 22.9. The van der Waals surface area contributed by atoms with Crippen molar-refractivity contribution in [2.45, 2.75) is 25.7 Å². The highest BCUT2D eigenvalue weighted by Gasteiger charge is 2.23. The molecule has 1 heterocycles. The number of nitrogens with zero attached hydrogens (tertiary/aromatic N) is 2. The van der Waals surface area contributed by atoms with Crippen molar-refractivity contribution in [2.24, 2.45) is 0 Å². The molecule has 6 nitrogen and oxygen atoms in total. The number of rotatable bonds is 5. The Morgan fingerprint density at radius 1 is 0.818 bits per heavy atom. The van der Waals surface area contributed by atoms with Crippen molar-refractivity contribution in [2.75, 3.05) is 35.8 Å². The molecule has 0 unspecified atom stereocenters. The van der Waals surface area contributed by atoms with Gasteiger partial charge in [0.05, 0.1) is 4.90 Å². The van der Waals surface area contributed by atoms with Crippen molar-refractivity contribution in [3.8, 4) is 0 Å². The third-order valence-corrected chi connectivity index (χ3v) is 7.49. The number of carbonyl (C=O) groups excluding carboxylic acids is 1. The zero-order valence-electron chi connectivity index (χ0n) is 19.2. The van der Waals surface area contributed by atoms with Gasteiger partial charge in [0.2, 0.25) is 0 Å². The van der Waals surface area contributed by atoms with E-state index in [4.69, 9.17) is 0 Å². The first-order valence-corrected chi connectivity index (χ1v) is 12.5. The molecule has 3 aromatic carbocycles. The normalized spacial score (nSPS) is 14.3. The molecule has 0 bridgehead atoms. The Hall–Kier alpha value is -3.32. The molecule has 1 fully saturated rings. The van der Waals surface area contributed by atoms with Crippen molar-refractivity contribution in [3.63, 3.8) is 0 Å². The van der Waals surface area contributed by atoms with Crippen molar-refractivity contribution < 1.29 is 13.2 Å². The van der Waals surface area contributed by atoms with E-state index in [1.54, 1.807) is 42.5 Å². The molecule has 7 heteroatoms. The van der Waals surface area contributed by atoms with Gasteiger partial charge in [-0.1, -0.05) is 18.2 Å². The number of nitrogens with one attached hydrogen (secondary N) is 1. The number of benzene rings is 3. The topological polar surface area (TPSA) is 69.7 Å². The molecule has 1 aliphatic rings. The van der Waals surface area contributed by atoms with Crippen LogP contribution in [-0.2, 0) is 10.0 Å². The zero-order valence-corrected chi connectivity index (χ0v) is 20.0. The van der Waals surface area contributed by atoms with Crippen LogP contribution in [0, 0.1) is 20.8 Å². The summed E-state index contributed by atoms with van der Waals surface area (Å²) in [5.41, 5.74) is 5.33. The van der Waals surface area contributed by atoms with E-state index in [-0.39, 0.29) is 10.8 Å². The molecule has 1 saturated heterocycles. The minimum Gasteiger partial charge on any atom is -0.368 e. The van der Waals surface area contributed by atoms with Gasteiger partial charge in [0.1, 0.15) is 0 Å². The van der Waals surface area contributed by atoms with Gasteiger partial charge >= 0.3 is 0 Å². The second kappa shape index (κ2) is 9.27. The van der Waals surface area contributed by atoms with E-state index in [1.165, 1.54) is 11.3 Å². The fourth-order valence-electron chi connectivity index (χ4n) is 3.95. The molecule has 0 aliphatic carbocycles. The molecule has 3 aromatic rings. The molecule has 1 N–H and O–H groups in total. The summed E-state index contributed by atoms with van der Waals surface area (Å²) >= 11 is 0. The number of hydrogen-bond acceptors (Lipinski definition) is 4. The molecule has 172 valence electrons. The van der Waals surface area contributed by atoms with E-state index in [2.05, 4.69) is 40.8 Å². The van der Waals surface area contributed by atoms with E-state index in [0.29, 0.717) is 24.3 Å². The van der Waals surface area contributed by atoms with Crippen LogP contribution in [0.2, 0.25) is 0 Å². The molecule has 0 spiro atoms. The smallest absolute Gasteiger partial charge is 0.261 e. The maximum absolute atomic E-state index is 13.0. The first-order chi connectivity index (χ1) is 15.7. The summed E-state index contributed by atoms with van der Waals surface area (Å²) < 4.78 is 28.0. The number of carbonyl (C=O) groups is 1. The number of hydrogen-bond donors (Lipinski definition) is 1. The Morgan fingerprint density at radius 3 is 2.15 bits per heavy atom. The molecule has 4 rings (SSSR count). The van der Waals surface area contributed by atoms with Crippen LogP contribution in [0.1, 0.15) is 27.0 Å². The Morgan fingerprint density at radius 2 is 1.52 bits per heavy atom. The van der Waals surface area contributed by atoms with Crippen molar-refractivity contribution in [1.29, 1.82) is 0 Å². The minimum atomic E-state index is -3.69. The van der Waals surface area contributed by atoms with Crippen LogP contribution in [0.25, 0.3) is 0 Å². The van der Waals surface area contributed by atoms with E-state index < -0.39 is 10.0 Å². The highest BCUT2D eigenvalue weighted by molar-refractivity contribution is 7.92. The number of piperazine rings is 1. The van der Waals surface area contributed by atoms with Crippen molar-refractivity contribution in [3.05, 3.63) is 89.0 Å². The zero-order chi connectivity index (χ0) is 23.6. The molecule has 1 aliphatic heterocycles. The van der Waals surface area contributed by atoms with Crippen LogP contribution in [0.5, 0.6) is 0 Å². The molecular formula is C26H29N3O3S. The highest BCUT2D eigenvalue weighted by Crippen LogP contribution is 2.21. The fraction of sp³-hybridized carbons (Fsp3) is 0.269. The van der Waals surface area contributed by atoms with Crippen LogP contribution in [0.4, 0.5) is 11.4 Å². The average Bonchev–Trinajstić information content (AvgIpc) is 2.81. The monoisotopic (exact) mass is 463 g/mol. The van der Waals surface area contributed by atoms with Gasteiger partial charge in [-0.3, -0.25) is 9.52 Å². The lowest BCUT2D eigenvalue weighted by Gasteiger charge is -2.36. The summed E-state index contributed by atoms with van der Waals surface area (Å²) in [7, 11) is -3.69. The maximum Gasteiger partial charge on any atom is 0.261 e. The summed E-state index contributed by atoms with van der Waals surface area (Å²) in [4.78, 5) is 17.3. The van der Waals surface area contributed by atoms with Gasteiger partial charge in [-0.25, -0.2) is 8.42 Å². The second-order valence-electron chi connectivity index (χ2n) is 8.55. The molecular weight excluding hydrogens is 434 g/mol. The molecule has 0 radical (unpaired) electrons. The Balaban J connectivity index is 1.39. The van der Waals surface area contributed by atoms with Gasteiger partial charge in [-0.15, -0.1) is 0 Å². The third-order valence-electron chi connectivity index (χ3n) is 6.11. The lowest BCUT2D eigenvalue weighted by atomic mass is 10.1. The molecule has 0 aromatic heterocycles. The molecule has 0 saturated carbocycles. The number of anilines is 2. The number of amides is 1. The first-order valence-electron chi connectivity index (χ1n) is 11.0. The van der Waals surface area contributed by atoms with E-state index in [9.17, 15) is 13.2 Å². The Bertz CT molecular complexity index is 1260. The lowest BCUT2D eigenvalue weighted by Crippen LogP contribution is -2.48. The highest BCUT2D eigenvalue weighted by atomic mass is 32.2. The standard InChI is InChI=1S/C26H29N3O3S/c1-19-5-4-6-24(17-19)28-13-15-29(16-14-28)26(30)22-8-10-23(11-9-22)27-33(31,32)25-12-7-20(2)21(3)18-25/h4-12,17-18,27H,13-16H2,1-3H3. The predicted molar refractivity (Wildman–Crippen MR) is 132 cm³/mol. The largest absolute Gasteiger partial charge is 0.368 e. The van der Waals surface area contributed by atoms with Crippen LogP contribution < -0.4 is 9.62 Å². The van der Waals surface area contributed by atoms with E-state index in [0.717, 1.165) is 24.2 Å². The van der Waals surface area contributed by atoms with Crippen LogP contribution in [-0.4, -0.2) is 45.4 Å². The van der Waals surface area contributed by atoms with Gasteiger partial charge in [0, 0.05) is 43.1 Å². The predicted octanol–water partition coefficient (Wildman–Crippen LogP) is 4.38. The Labute approximate surface area is 195 Å². The molecule has 0 atom stereocenters. The quantitative estimate of drug-likeness (QED) is 0.610. The molecule has 33 heavy (non-hydrogen) atoms. The van der Waals surface area contributed by atoms with Crippen molar-refractivity contribution >= 4 is 27.3 Å². The van der Waals surface area contributed by atoms with Gasteiger partial charge in [-0.05, 0) is 86.0 Å². The minimum absolute atomic E-state index is 0.0394. The fourth-order valence-corrected chi connectivity index (χ4v) is 5.09. The van der Waals surface area contributed by atoms with E-state index >= 15 is 0 Å². The summed E-state index contributed by atoms with van der Waals surface area (Å²) in [6.07, 6.45) is 0. The Kier molecular flexibility index (Phi) is 6.42.